The van der Waals surface area contributed by atoms with E-state index in [2.05, 4.69) is 0 Å². The lowest BCUT2D eigenvalue weighted by molar-refractivity contribution is -0.0808. The van der Waals surface area contributed by atoms with E-state index in [1.807, 2.05) is 13.8 Å². The first-order valence-electron chi connectivity index (χ1n) is 5.12. The van der Waals surface area contributed by atoms with Gasteiger partial charge in [0.2, 0.25) is 0 Å². The van der Waals surface area contributed by atoms with Crippen LogP contribution in [0.5, 0.6) is 0 Å². The van der Waals surface area contributed by atoms with E-state index in [1.54, 1.807) is 0 Å². The van der Waals surface area contributed by atoms with Gasteiger partial charge in [-0.25, -0.2) is 0 Å². The van der Waals surface area contributed by atoms with E-state index in [-0.39, 0.29) is 17.6 Å². The smallest absolute Gasteiger partial charge is 0.0997 e. The van der Waals surface area contributed by atoms with Crippen molar-refractivity contribution in [1.29, 1.82) is 0 Å². The van der Waals surface area contributed by atoms with Gasteiger partial charge in [0.25, 0.3) is 0 Å². The Morgan fingerprint density at radius 3 is 2.38 bits per heavy atom. The van der Waals surface area contributed by atoms with E-state index in [0.717, 1.165) is 19.3 Å². The molecule has 1 aliphatic heterocycles. The van der Waals surface area contributed by atoms with Crippen molar-refractivity contribution in [2.75, 3.05) is 6.54 Å². The fourth-order valence-corrected chi connectivity index (χ4v) is 2.73. The minimum Gasteiger partial charge on any atom is -0.386 e. The topological polar surface area (TPSA) is 55.5 Å². The summed E-state index contributed by atoms with van der Waals surface area (Å²) >= 11 is 0. The molecule has 3 heteroatoms. The second kappa shape index (κ2) is 2.69. The van der Waals surface area contributed by atoms with Crippen molar-refractivity contribution in [3.63, 3.8) is 0 Å². The quantitative estimate of drug-likeness (QED) is 0.664. The first-order chi connectivity index (χ1) is 6.04. The Morgan fingerprint density at radius 2 is 2.08 bits per heavy atom. The van der Waals surface area contributed by atoms with E-state index in [9.17, 15) is 5.11 Å². The Kier molecular flexibility index (Phi) is 1.95. The molecule has 0 aromatic carbocycles. The van der Waals surface area contributed by atoms with Gasteiger partial charge in [-0.15, -0.1) is 0 Å². The van der Waals surface area contributed by atoms with Crippen LogP contribution in [0, 0.1) is 5.41 Å². The van der Waals surface area contributed by atoms with E-state index in [1.165, 1.54) is 0 Å². The molecule has 1 saturated heterocycles. The van der Waals surface area contributed by atoms with Gasteiger partial charge in [0.05, 0.1) is 17.8 Å². The summed E-state index contributed by atoms with van der Waals surface area (Å²) in [7, 11) is 0. The van der Waals surface area contributed by atoms with Gasteiger partial charge in [-0.3, -0.25) is 0 Å². The van der Waals surface area contributed by atoms with Crippen LogP contribution >= 0.6 is 0 Å². The maximum atomic E-state index is 10.5. The molecule has 13 heavy (non-hydrogen) atoms. The first-order valence-corrected chi connectivity index (χ1v) is 5.12. The molecule has 0 amide bonds. The normalized spacial score (nSPS) is 48.0. The maximum Gasteiger partial charge on any atom is 0.0997 e. The van der Waals surface area contributed by atoms with Crippen molar-refractivity contribution in [2.45, 2.75) is 50.9 Å². The van der Waals surface area contributed by atoms with Gasteiger partial charge in [0.1, 0.15) is 0 Å². The van der Waals surface area contributed by atoms with E-state index >= 15 is 0 Å². The van der Waals surface area contributed by atoms with Crippen LogP contribution in [0.2, 0.25) is 0 Å². The first kappa shape index (κ1) is 9.44. The molecule has 2 aliphatic rings. The monoisotopic (exact) mass is 185 g/mol. The average molecular weight is 185 g/mol. The number of rotatable bonds is 2. The predicted molar refractivity (Wildman–Crippen MR) is 50.3 cm³/mol. The Balaban J connectivity index is 2.20. The summed E-state index contributed by atoms with van der Waals surface area (Å²) in [6.07, 6.45) is 2.96. The lowest BCUT2D eigenvalue weighted by atomic mass is 9.78. The molecule has 1 saturated carbocycles. The molecule has 0 spiro atoms. The average Bonchev–Trinajstić information content (AvgIpc) is 2.79. The van der Waals surface area contributed by atoms with E-state index < -0.39 is 5.60 Å². The van der Waals surface area contributed by atoms with Crippen molar-refractivity contribution in [1.82, 2.24) is 0 Å². The van der Waals surface area contributed by atoms with Crippen LogP contribution in [0.25, 0.3) is 0 Å². The zero-order valence-corrected chi connectivity index (χ0v) is 8.42. The summed E-state index contributed by atoms with van der Waals surface area (Å²) in [6.45, 7) is 4.56. The molecule has 0 bridgehead atoms. The highest BCUT2D eigenvalue weighted by molar-refractivity contribution is 5.14. The second-order valence-corrected chi connectivity index (χ2v) is 4.70. The fraction of sp³-hybridized carbons (Fsp3) is 1.00. The summed E-state index contributed by atoms with van der Waals surface area (Å²) in [5.74, 6) is 0. The molecular weight excluding hydrogens is 166 g/mol. The molecule has 2 fully saturated rings. The molecule has 2 rings (SSSR count). The molecule has 1 aliphatic carbocycles. The molecule has 3 unspecified atom stereocenters. The predicted octanol–water partition coefficient (Wildman–Crippen LogP) is 0.654. The molecule has 0 aromatic heterocycles. The molecule has 1 heterocycles. The zero-order chi connectivity index (χ0) is 9.69. The van der Waals surface area contributed by atoms with Gasteiger partial charge in [-0.1, -0.05) is 0 Å². The third kappa shape index (κ3) is 1.14. The number of ether oxygens (including phenoxy) is 1. The Hall–Kier alpha value is -0.120. The molecule has 0 radical (unpaired) electrons. The van der Waals surface area contributed by atoms with Gasteiger partial charge in [-0.05, 0) is 26.7 Å². The maximum absolute atomic E-state index is 10.5. The minimum absolute atomic E-state index is 0.0306. The summed E-state index contributed by atoms with van der Waals surface area (Å²) in [5, 5.41) is 10.5. The van der Waals surface area contributed by atoms with Gasteiger partial charge in [0, 0.05) is 18.4 Å². The Morgan fingerprint density at radius 1 is 1.46 bits per heavy atom. The van der Waals surface area contributed by atoms with Gasteiger partial charge in [0.15, 0.2) is 0 Å². The van der Waals surface area contributed by atoms with Gasteiger partial charge >= 0.3 is 0 Å². The van der Waals surface area contributed by atoms with Crippen molar-refractivity contribution in [3.05, 3.63) is 0 Å². The second-order valence-electron chi connectivity index (χ2n) is 4.70. The SMILES string of the molecule is CC1CC(O)(C2(CN)CC2)C(C)O1. The minimum atomic E-state index is -0.666. The van der Waals surface area contributed by atoms with E-state index in [0.29, 0.717) is 6.54 Å². The van der Waals surface area contributed by atoms with Crippen molar-refractivity contribution < 1.29 is 9.84 Å². The lowest BCUT2D eigenvalue weighted by Crippen LogP contribution is -2.48. The van der Waals surface area contributed by atoms with Crippen molar-refractivity contribution in [3.8, 4) is 0 Å². The van der Waals surface area contributed by atoms with Crippen LogP contribution < -0.4 is 5.73 Å². The fourth-order valence-electron chi connectivity index (χ4n) is 2.73. The Labute approximate surface area is 79.3 Å². The Bertz CT molecular complexity index is 215. The van der Waals surface area contributed by atoms with Crippen LogP contribution in [-0.2, 0) is 4.74 Å². The summed E-state index contributed by atoms with van der Waals surface area (Å²) in [4.78, 5) is 0. The molecule has 3 atom stereocenters. The largest absolute Gasteiger partial charge is 0.386 e. The van der Waals surface area contributed by atoms with Crippen LogP contribution in [0.4, 0.5) is 0 Å². The zero-order valence-electron chi connectivity index (χ0n) is 8.42. The molecule has 3 nitrogen and oxygen atoms in total. The van der Waals surface area contributed by atoms with Crippen LogP contribution in [-0.4, -0.2) is 29.5 Å². The number of aliphatic hydroxyl groups is 1. The highest BCUT2D eigenvalue weighted by Gasteiger charge is 2.63. The summed E-state index contributed by atoms with van der Waals surface area (Å²) in [6, 6.07) is 0. The molecule has 0 aromatic rings. The molecular formula is C10H19NO2. The summed E-state index contributed by atoms with van der Waals surface area (Å²) < 4.78 is 5.60. The highest BCUT2D eigenvalue weighted by atomic mass is 16.5. The number of nitrogens with two attached hydrogens (primary N) is 1. The highest BCUT2D eigenvalue weighted by Crippen LogP contribution is 2.58. The van der Waals surface area contributed by atoms with Crippen LogP contribution in [0.3, 0.4) is 0 Å². The van der Waals surface area contributed by atoms with Crippen LogP contribution in [0.15, 0.2) is 0 Å². The van der Waals surface area contributed by atoms with Gasteiger partial charge < -0.3 is 15.6 Å². The van der Waals surface area contributed by atoms with Crippen molar-refractivity contribution in [2.24, 2.45) is 11.1 Å². The standard InChI is InChI=1S/C10H19NO2/c1-7-5-10(12,8(2)13-7)9(6-11)3-4-9/h7-8,12H,3-6,11H2,1-2H3. The third-order valence-corrected chi connectivity index (χ3v) is 3.87. The summed E-state index contributed by atoms with van der Waals surface area (Å²) in [5.41, 5.74) is 5.03. The molecule has 76 valence electrons. The van der Waals surface area contributed by atoms with Crippen molar-refractivity contribution >= 4 is 0 Å². The number of hydrogen-bond donors (Lipinski definition) is 2. The van der Waals surface area contributed by atoms with E-state index in [4.69, 9.17) is 10.5 Å². The van der Waals surface area contributed by atoms with Gasteiger partial charge in [-0.2, -0.15) is 0 Å². The third-order valence-electron chi connectivity index (χ3n) is 3.87. The molecule has 3 N–H and O–H groups in total. The van der Waals surface area contributed by atoms with Crippen LogP contribution in [0.1, 0.15) is 33.1 Å². The number of hydrogen-bond acceptors (Lipinski definition) is 3. The lowest BCUT2D eigenvalue weighted by Gasteiger charge is -2.34.